The summed E-state index contributed by atoms with van der Waals surface area (Å²) in [6.07, 6.45) is 1.63. The molecule has 0 amide bonds. The number of benzene rings is 1. The first-order valence-electron chi connectivity index (χ1n) is 5.03. The average molecular weight is 258 g/mol. The lowest BCUT2D eigenvalue weighted by molar-refractivity contribution is 0.651. The molecule has 0 spiro atoms. The number of rotatable bonds is 2. The van der Waals surface area contributed by atoms with Gasteiger partial charge in [-0.05, 0) is 44.9 Å². The summed E-state index contributed by atoms with van der Waals surface area (Å²) in [5.74, 6) is 0. The molecule has 0 bridgehead atoms. The highest BCUT2D eigenvalue weighted by Crippen LogP contribution is 2.18. The van der Waals surface area contributed by atoms with Crippen molar-refractivity contribution < 1.29 is 4.21 Å². The Morgan fingerprint density at radius 3 is 2.56 bits per heavy atom. The minimum Gasteiger partial charge on any atom is -0.234 e. The molecule has 2 nitrogen and oxygen atoms in total. The molecule has 16 heavy (non-hydrogen) atoms. The van der Waals surface area contributed by atoms with Gasteiger partial charge in [-0.15, -0.1) is 0 Å². The van der Waals surface area contributed by atoms with E-state index in [1.165, 1.54) is 0 Å². The normalized spacial score (nSPS) is 14.3. The van der Waals surface area contributed by atoms with Gasteiger partial charge in [0.05, 0.1) is 4.75 Å². The van der Waals surface area contributed by atoms with Crippen LogP contribution in [0.5, 0.6) is 0 Å². The molecule has 4 heteroatoms. The van der Waals surface area contributed by atoms with E-state index in [2.05, 4.69) is 4.40 Å². The van der Waals surface area contributed by atoms with Crippen LogP contribution in [0.25, 0.3) is 0 Å². The van der Waals surface area contributed by atoms with Crippen molar-refractivity contribution in [2.45, 2.75) is 32.4 Å². The smallest absolute Gasteiger partial charge is 0.144 e. The summed E-state index contributed by atoms with van der Waals surface area (Å²) in [5, 5.41) is 0.700. The van der Waals surface area contributed by atoms with Crippen LogP contribution in [0.4, 0.5) is 0 Å². The first-order chi connectivity index (χ1) is 7.32. The van der Waals surface area contributed by atoms with Crippen molar-refractivity contribution in [1.29, 1.82) is 0 Å². The van der Waals surface area contributed by atoms with E-state index >= 15 is 0 Å². The molecule has 1 aromatic carbocycles. The number of hydrogen-bond acceptors (Lipinski definition) is 1. The minimum atomic E-state index is -1.23. The van der Waals surface area contributed by atoms with Crippen LogP contribution in [-0.4, -0.2) is 15.2 Å². The SMILES string of the molecule is Cc1c(Cl)cccc1C=N[S@@](=O)C(C)(C)C. The number of nitrogens with zero attached hydrogens (tertiary/aromatic N) is 1. The maximum absolute atomic E-state index is 11.7. The van der Waals surface area contributed by atoms with E-state index in [0.29, 0.717) is 5.02 Å². The standard InChI is InChI=1S/C12H16ClNOS/c1-9-10(6-5-7-11(9)13)8-14-16(15)12(2,3)4/h5-8H,1-4H3/t16-/m0/s1. The van der Waals surface area contributed by atoms with Crippen LogP contribution in [0.1, 0.15) is 31.9 Å². The Bertz CT molecular complexity index is 435. The van der Waals surface area contributed by atoms with Crippen molar-refractivity contribution in [3.05, 3.63) is 34.3 Å². The van der Waals surface area contributed by atoms with E-state index in [9.17, 15) is 4.21 Å². The third kappa shape index (κ3) is 3.42. The molecule has 0 aliphatic rings. The third-order valence-electron chi connectivity index (χ3n) is 2.12. The van der Waals surface area contributed by atoms with E-state index in [0.717, 1.165) is 11.1 Å². The van der Waals surface area contributed by atoms with Gasteiger partial charge in [0.1, 0.15) is 11.0 Å². The lowest BCUT2D eigenvalue weighted by Crippen LogP contribution is -2.19. The van der Waals surface area contributed by atoms with Gasteiger partial charge in [0.25, 0.3) is 0 Å². The Hall–Kier alpha value is -0.670. The molecule has 0 saturated heterocycles. The van der Waals surface area contributed by atoms with Gasteiger partial charge in [-0.3, -0.25) is 0 Å². The first-order valence-corrected chi connectivity index (χ1v) is 6.52. The maximum Gasteiger partial charge on any atom is 0.144 e. The van der Waals surface area contributed by atoms with Crippen LogP contribution in [0, 0.1) is 6.92 Å². The maximum atomic E-state index is 11.7. The molecule has 0 N–H and O–H groups in total. The summed E-state index contributed by atoms with van der Waals surface area (Å²) >= 11 is 5.98. The van der Waals surface area contributed by atoms with Crippen molar-refractivity contribution in [2.75, 3.05) is 0 Å². The second kappa shape index (κ2) is 5.11. The molecule has 0 fully saturated rings. The quantitative estimate of drug-likeness (QED) is 0.746. The predicted octanol–water partition coefficient (Wildman–Crippen LogP) is 3.53. The summed E-state index contributed by atoms with van der Waals surface area (Å²) in [7, 11) is -1.23. The van der Waals surface area contributed by atoms with Gasteiger partial charge >= 0.3 is 0 Å². The van der Waals surface area contributed by atoms with Gasteiger partial charge in [0.15, 0.2) is 0 Å². The average Bonchev–Trinajstić information content (AvgIpc) is 2.18. The van der Waals surface area contributed by atoms with E-state index in [-0.39, 0.29) is 4.75 Å². The molecular formula is C12H16ClNOS. The fourth-order valence-corrected chi connectivity index (χ4v) is 1.73. The Morgan fingerprint density at radius 2 is 2.00 bits per heavy atom. The van der Waals surface area contributed by atoms with Crippen LogP contribution < -0.4 is 0 Å². The molecule has 0 aliphatic heterocycles. The van der Waals surface area contributed by atoms with Crippen molar-refractivity contribution >= 4 is 28.8 Å². The highest BCUT2D eigenvalue weighted by atomic mass is 35.5. The molecule has 1 rings (SSSR count). The Morgan fingerprint density at radius 1 is 1.38 bits per heavy atom. The van der Waals surface area contributed by atoms with Crippen LogP contribution >= 0.6 is 11.6 Å². The van der Waals surface area contributed by atoms with Gasteiger partial charge in [0.2, 0.25) is 0 Å². The molecule has 0 unspecified atom stereocenters. The summed E-state index contributed by atoms with van der Waals surface area (Å²) in [6, 6.07) is 5.59. The minimum absolute atomic E-state index is 0.330. The molecule has 0 saturated carbocycles. The van der Waals surface area contributed by atoms with Crippen molar-refractivity contribution in [1.82, 2.24) is 0 Å². The van der Waals surface area contributed by atoms with Gasteiger partial charge in [0, 0.05) is 11.2 Å². The Labute approximate surface area is 104 Å². The number of halogens is 1. The van der Waals surface area contributed by atoms with E-state index < -0.39 is 11.0 Å². The van der Waals surface area contributed by atoms with Crippen molar-refractivity contribution in [3.63, 3.8) is 0 Å². The van der Waals surface area contributed by atoms with E-state index in [1.807, 2.05) is 45.9 Å². The molecule has 0 radical (unpaired) electrons. The molecule has 88 valence electrons. The second-order valence-electron chi connectivity index (χ2n) is 4.55. The van der Waals surface area contributed by atoms with Crippen LogP contribution in [0.2, 0.25) is 5.02 Å². The predicted molar refractivity (Wildman–Crippen MR) is 71.7 cm³/mol. The third-order valence-corrected chi connectivity index (χ3v) is 3.88. The lowest BCUT2D eigenvalue weighted by Gasteiger charge is -2.12. The Balaban J connectivity index is 2.94. The van der Waals surface area contributed by atoms with Gasteiger partial charge in [-0.2, -0.15) is 4.40 Å². The van der Waals surface area contributed by atoms with Gasteiger partial charge in [-0.25, -0.2) is 4.21 Å². The van der Waals surface area contributed by atoms with Crippen LogP contribution in [0.15, 0.2) is 22.6 Å². The molecule has 1 atom stereocenters. The fourth-order valence-electron chi connectivity index (χ4n) is 1.03. The lowest BCUT2D eigenvalue weighted by atomic mass is 10.1. The van der Waals surface area contributed by atoms with Crippen LogP contribution in [0.3, 0.4) is 0 Å². The van der Waals surface area contributed by atoms with Crippen LogP contribution in [-0.2, 0) is 11.0 Å². The summed E-state index contributed by atoms with van der Waals surface area (Å²) < 4.78 is 15.4. The largest absolute Gasteiger partial charge is 0.234 e. The number of hydrogen-bond donors (Lipinski definition) is 0. The summed E-state index contributed by atoms with van der Waals surface area (Å²) in [5.41, 5.74) is 1.86. The summed E-state index contributed by atoms with van der Waals surface area (Å²) in [4.78, 5) is 0. The zero-order valence-electron chi connectivity index (χ0n) is 9.95. The highest BCUT2D eigenvalue weighted by Gasteiger charge is 2.18. The van der Waals surface area contributed by atoms with Gasteiger partial charge < -0.3 is 0 Å². The highest BCUT2D eigenvalue weighted by molar-refractivity contribution is 7.85. The molecular weight excluding hydrogens is 242 g/mol. The van der Waals surface area contributed by atoms with Crippen molar-refractivity contribution in [3.8, 4) is 0 Å². The topological polar surface area (TPSA) is 29.4 Å². The van der Waals surface area contributed by atoms with E-state index in [4.69, 9.17) is 11.6 Å². The fraction of sp³-hybridized carbons (Fsp3) is 0.417. The van der Waals surface area contributed by atoms with Crippen molar-refractivity contribution in [2.24, 2.45) is 4.40 Å². The molecule has 0 aromatic heterocycles. The zero-order valence-corrected chi connectivity index (χ0v) is 11.5. The zero-order chi connectivity index (χ0) is 12.3. The molecule has 0 aliphatic carbocycles. The van der Waals surface area contributed by atoms with Gasteiger partial charge in [-0.1, -0.05) is 23.7 Å². The molecule has 0 heterocycles. The second-order valence-corrected chi connectivity index (χ2v) is 6.89. The molecule has 1 aromatic rings. The Kier molecular flexibility index (Phi) is 4.28. The van der Waals surface area contributed by atoms with E-state index in [1.54, 1.807) is 6.21 Å². The summed E-state index contributed by atoms with van der Waals surface area (Å²) in [6.45, 7) is 7.60. The first kappa shape index (κ1) is 13.4. The monoisotopic (exact) mass is 257 g/mol.